The Bertz CT molecular complexity index is 470. The van der Waals surface area contributed by atoms with E-state index in [4.69, 9.17) is 0 Å². The average molecular weight is 320 g/mol. The van der Waals surface area contributed by atoms with Gasteiger partial charge in [-0.1, -0.05) is 12.1 Å². The minimum absolute atomic E-state index is 0.201. The largest absolute Gasteiger partial charge is 0.210 e. The van der Waals surface area contributed by atoms with Crippen molar-refractivity contribution >= 4 is 34.1 Å². The summed E-state index contributed by atoms with van der Waals surface area (Å²) >= 11 is 3.33. The minimum Gasteiger partial charge on any atom is -0.210 e. The van der Waals surface area contributed by atoms with Crippen molar-refractivity contribution in [3.8, 4) is 10.6 Å². The quantitative estimate of drug-likeness (QED) is 0.754. The lowest BCUT2D eigenvalue weighted by Crippen LogP contribution is -1.86. The normalized spacial score (nSPS) is 10.5. The first kappa shape index (κ1) is 9.97. The van der Waals surface area contributed by atoms with Crippen LogP contribution >= 0.6 is 34.1 Å². The van der Waals surface area contributed by atoms with E-state index >= 15 is 0 Å². The van der Waals surface area contributed by atoms with Crippen molar-refractivity contribution in [1.29, 1.82) is 0 Å². The second-order valence-electron chi connectivity index (χ2n) is 2.78. The van der Waals surface area contributed by atoms with Crippen molar-refractivity contribution in [2.45, 2.75) is 6.92 Å². The molecular formula is C9H6FIN2S. The van der Waals surface area contributed by atoms with Crippen LogP contribution in [0, 0.1) is 16.6 Å². The number of hydrogen-bond donors (Lipinski definition) is 0. The molecule has 1 aromatic carbocycles. The number of nitrogens with zero attached hydrogens (tertiary/aromatic N) is 2. The van der Waals surface area contributed by atoms with Crippen LogP contribution in [-0.2, 0) is 0 Å². The van der Waals surface area contributed by atoms with Gasteiger partial charge in [0.15, 0.2) is 0 Å². The Balaban J connectivity index is 2.57. The predicted molar refractivity (Wildman–Crippen MR) is 62.8 cm³/mol. The van der Waals surface area contributed by atoms with Crippen LogP contribution < -0.4 is 0 Å². The lowest BCUT2D eigenvalue weighted by Gasteiger charge is -2.01. The molecule has 0 saturated heterocycles. The van der Waals surface area contributed by atoms with Gasteiger partial charge in [0, 0.05) is 28.2 Å². The lowest BCUT2D eigenvalue weighted by atomic mass is 10.1. The third-order valence-electron chi connectivity index (χ3n) is 1.90. The highest BCUT2D eigenvalue weighted by Crippen LogP contribution is 2.26. The van der Waals surface area contributed by atoms with E-state index in [0.717, 1.165) is 10.6 Å². The summed E-state index contributed by atoms with van der Waals surface area (Å²) in [6.45, 7) is 1.75. The molecule has 0 radical (unpaired) electrons. The van der Waals surface area contributed by atoms with Crippen molar-refractivity contribution in [2.75, 3.05) is 0 Å². The van der Waals surface area contributed by atoms with Gasteiger partial charge < -0.3 is 0 Å². The van der Waals surface area contributed by atoms with Gasteiger partial charge in [-0.2, -0.15) is 4.37 Å². The van der Waals surface area contributed by atoms with Crippen LogP contribution in [0.4, 0.5) is 4.39 Å². The molecule has 0 aliphatic carbocycles. The molecule has 0 unspecified atom stereocenters. The Morgan fingerprint density at radius 3 is 2.86 bits per heavy atom. The molecule has 0 aliphatic heterocycles. The van der Waals surface area contributed by atoms with E-state index < -0.39 is 0 Å². The molecule has 1 aromatic heterocycles. The van der Waals surface area contributed by atoms with Gasteiger partial charge in [-0.3, -0.25) is 0 Å². The highest BCUT2D eigenvalue weighted by atomic mass is 127. The lowest BCUT2D eigenvalue weighted by molar-refractivity contribution is 0.619. The van der Waals surface area contributed by atoms with Crippen molar-refractivity contribution in [2.24, 2.45) is 0 Å². The molecule has 2 rings (SSSR count). The monoisotopic (exact) mass is 320 g/mol. The maximum absolute atomic E-state index is 13.2. The second-order valence-corrected chi connectivity index (χ2v) is 4.50. The van der Waals surface area contributed by atoms with Crippen LogP contribution in [0.3, 0.4) is 0 Å². The molecular weight excluding hydrogens is 314 g/mol. The molecule has 0 spiro atoms. The van der Waals surface area contributed by atoms with Gasteiger partial charge in [0.1, 0.15) is 10.8 Å². The fraction of sp³-hybridized carbons (Fsp3) is 0.111. The van der Waals surface area contributed by atoms with Gasteiger partial charge in [-0.05, 0) is 30.1 Å². The number of benzene rings is 1. The summed E-state index contributed by atoms with van der Waals surface area (Å²) in [4.78, 5) is 4.21. The van der Waals surface area contributed by atoms with Crippen LogP contribution in [0.25, 0.3) is 10.6 Å². The summed E-state index contributed by atoms with van der Waals surface area (Å²) in [5, 5.41) is 0.770. The molecule has 72 valence electrons. The molecule has 0 N–H and O–H groups in total. The van der Waals surface area contributed by atoms with Crippen LogP contribution in [0.1, 0.15) is 5.56 Å². The molecule has 2 aromatic rings. The van der Waals surface area contributed by atoms with Crippen molar-refractivity contribution < 1.29 is 4.39 Å². The highest BCUT2D eigenvalue weighted by Gasteiger charge is 2.09. The minimum atomic E-state index is -0.201. The van der Waals surface area contributed by atoms with Gasteiger partial charge in [-0.25, -0.2) is 9.37 Å². The van der Waals surface area contributed by atoms with Crippen LogP contribution in [0.5, 0.6) is 0 Å². The Morgan fingerprint density at radius 1 is 1.43 bits per heavy atom. The van der Waals surface area contributed by atoms with Crippen molar-refractivity contribution in [1.82, 2.24) is 9.36 Å². The van der Waals surface area contributed by atoms with Crippen LogP contribution in [0.2, 0.25) is 0 Å². The van der Waals surface area contributed by atoms with Gasteiger partial charge >= 0.3 is 0 Å². The standard InChI is InChI=1S/C9H6FIN2S/c1-5-6(3-2-4-7(5)10)8-12-9(11)13-14-8/h2-4H,1H3. The van der Waals surface area contributed by atoms with Gasteiger partial charge in [-0.15, -0.1) is 0 Å². The number of halogens is 2. The fourth-order valence-electron chi connectivity index (χ4n) is 1.15. The third-order valence-corrected chi connectivity index (χ3v) is 3.46. The summed E-state index contributed by atoms with van der Waals surface area (Å²) < 4.78 is 18.0. The highest BCUT2D eigenvalue weighted by molar-refractivity contribution is 14.1. The zero-order valence-corrected chi connectivity index (χ0v) is 10.3. The molecule has 2 nitrogen and oxygen atoms in total. The Morgan fingerprint density at radius 2 is 2.21 bits per heavy atom. The van der Waals surface area contributed by atoms with Gasteiger partial charge in [0.2, 0.25) is 3.83 Å². The Kier molecular flexibility index (Phi) is 2.78. The van der Waals surface area contributed by atoms with E-state index in [-0.39, 0.29) is 5.82 Å². The molecule has 0 fully saturated rings. The molecule has 0 atom stereocenters. The number of aromatic nitrogens is 2. The Hall–Kier alpha value is -0.560. The van der Waals surface area contributed by atoms with E-state index in [1.807, 2.05) is 28.7 Å². The first-order valence-electron chi connectivity index (χ1n) is 3.93. The molecule has 1 heterocycles. The first-order valence-corrected chi connectivity index (χ1v) is 5.78. The van der Waals surface area contributed by atoms with E-state index in [2.05, 4.69) is 9.36 Å². The van der Waals surface area contributed by atoms with Crippen molar-refractivity contribution in [3.05, 3.63) is 33.4 Å². The van der Waals surface area contributed by atoms with E-state index in [0.29, 0.717) is 9.39 Å². The van der Waals surface area contributed by atoms with E-state index in [1.165, 1.54) is 17.6 Å². The topological polar surface area (TPSA) is 25.8 Å². The fourth-order valence-corrected chi connectivity index (χ4v) is 2.50. The zero-order chi connectivity index (χ0) is 10.1. The molecule has 5 heteroatoms. The molecule has 0 saturated carbocycles. The van der Waals surface area contributed by atoms with Crippen LogP contribution in [0.15, 0.2) is 18.2 Å². The van der Waals surface area contributed by atoms with Gasteiger partial charge in [0.25, 0.3) is 0 Å². The average Bonchev–Trinajstić information content (AvgIpc) is 2.57. The Labute approximate surface area is 98.5 Å². The summed E-state index contributed by atoms with van der Waals surface area (Å²) in [7, 11) is 0. The van der Waals surface area contributed by atoms with E-state index in [1.54, 1.807) is 13.0 Å². The summed E-state index contributed by atoms with van der Waals surface area (Å²) in [6.07, 6.45) is 0. The van der Waals surface area contributed by atoms with Crippen molar-refractivity contribution in [3.63, 3.8) is 0 Å². The molecule has 0 aliphatic rings. The second kappa shape index (κ2) is 3.90. The summed E-state index contributed by atoms with van der Waals surface area (Å²) in [5.74, 6) is -0.201. The third kappa shape index (κ3) is 1.78. The predicted octanol–water partition coefficient (Wildman–Crippen LogP) is 3.26. The summed E-state index contributed by atoms with van der Waals surface area (Å²) in [5.41, 5.74) is 1.45. The molecule has 14 heavy (non-hydrogen) atoms. The summed E-state index contributed by atoms with van der Waals surface area (Å²) in [6, 6.07) is 4.99. The van der Waals surface area contributed by atoms with Crippen LogP contribution in [-0.4, -0.2) is 9.36 Å². The number of hydrogen-bond acceptors (Lipinski definition) is 3. The zero-order valence-electron chi connectivity index (χ0n) is 7.29. The maximum atomic E-state index is 13.2. The van der Waals surface area contributed by atoms with E-state index in [9.17, 15) is 4.39 Å². The molecule has 0 amide bonds. The SMILES string of the molecule is Cc1c(F)cccc1-c1nc(I)ns1. The van der Waals surface area contributed by atoms with Gasteiger partial charge in [0.05, 0.1) is 0 Å². The number of rotatable bonds is 1. The molecule has 0 bridgehead atoms. The first-order chi connectivity index (χ1) is 6.68. The smallest absolute Gasteiger partial charge is 0.203 e. The maximum Gasteiger partial charge on any atom is 0.203 e.